The van der Waals surface area contributed by atoms with Gasteiger partial charge < -0.3 is 4.90 Å². The highest BCUT2D eigenvalue weighted by molar-refractivity contribution is 5.62. The first-order chi connectivity index (χ1) is 14.5. The number of hydrogen-bond acceptors (Lipinski definition) is 1. The van der Waals surface area contributed by atoms with Crippen LogP contribution in [-0.4, -0.2) is 11.4 Å². The molecule has 0 aromatic carbocycles. The van der Waals surface area contributed by atoms with Gasteiger partial charge in [0.25, 0.3) is 0 Å². The smallest absolute Gasteiger partial charge is 0.0406 e. The number of rotatable bonds is 8. The van der Waals surface area contributed by atoms with Crippen LogP contribution in [0.2, 0.25) is 0 Å². The fraction of sp³-hybridized carbons (Fsp3) is 0.310. The van der Waals surface area contributed by atoms with E-state index < -0.39 is 0 Å². The molecule has 2 rings (SSSR count). The molecule has 0 saturated carbocycles. The molecular weight excluding hydrogens is 362 g/mol. The van der Waals surface area contributed by atoms with Gasteiger partial charge in [-0.05, 0) is 73.5 Å². The summed E-state index contributed by atoms with van der Waals surface area (Å²) in [5.41, 5.74) is 8.81. The van der Waals surface area contributed by atoms with E-state index in [0.29, 0.717) is 0 Å². The molecule has 0 amide bonds. The summed E-state index contributed by atoms with van der Waals surface area (Å²) in [7, 11) is 0. The summed E-state index contributed by atoms with van der Waals surface area (Å²) < 4.78 is 0. The predicted octanol–water partition coefficient (Wildman–Crippen LogP) is 8.28. The quantitative estimate of drug-likeness (QED) is 0.371. The third kappa shape index (κ3) is 5.86. The zero-order valence-electron chi connectivity index (χ0n) is 19.1. The molecule has 1 heterocycles. The molecule has 0 N–H and O–H groups in total. The molecule has 0 aromatic rings. The fourth-order valence-corrected chi connectivity index (χ4v) is 4.02. The summed E-state index contributed by atoms with van der Waals surface area (Å²) in [6, 6.07) is 0. The topological polar surface area (TPSA) is 3.24 Å². The van der Waals surface area contributed by atoms with Crippen molar-refractivity contribution in [3.05, 3.63) is 120 Å². The highest BCUT2D eigenvalue weighted by atomic mass is 15.1. The Balaban J connectivity index is 2.55. The molecule has 1 nitrogen and oxygen atoms in total. The Kier molecular flexibility index (Phi) is 9.41. The normalized spacial score (nSPS) is 24.4. The van der Waals surface area contributed by atoms with Crippen molar-refractivity contribution in [3.8, 4) is 0 Å². The first kappa shape index (κ1) is 23.5. The summed E-state index contributed by atoms with van der Waals surface area (Å²) in [6.07, 6.45) is 26.9. The van der Waals surface area contributed by atoms with Gasteiger partial charge in [0.15, 0.2) is 0 Å². The first-order valence-corrected chi connectivity index (χ1v) is 11.1. The minimum atomic E-state index is 0.789. The molecular formula is C29H37N. The van der Waals surface area contributed by atoms with E-state index in [1.165, 1.54) is 41.7 Å². The molecule has 0 unspecified atom stereocenters. The number of hydrogen-bond donors (Lipinski definition) is 0. The summed E-state index contributed by atoms with van der Waals surface area (Å²) in [5, 5.41) is 0. The molecule has 2 aliphatic rings. The van der Waals surface area contributed by atoms with Gasteiger partial charge in [0.1, 0.15) is 0 Å². The largest absolute Gasteiger partial charge is 0.347 e. The lowest BCUT2D eigenvalue weighted by Crippen LogP contribution is -2.18. The van der Waals surface area contributed by atoms with Crippen molar-refractivity contribution >= 4 is 0 Å². The van der Waals surface area contributed by atoms with E-state index in [1.54, 1.807) is 11.6 Å². The second-order valence-electron chi connectivity index (χ2n) is 7.80. The van der Waals surface area contributed by atoms with Crippen LogP contribution in [-0.2, 0) is 0 Å². The van der Waals surface area contributed by atoms with Gasteiger partial charge >= 0.3 is 0 Å². The zero-order chi connectivity index (χ0) is 21.9. The molecule has 0 fully saturated rings. The molecule has 1 heteroatoms. The van der Waals surface area contributed by atoms with E-state index >= 15 is 0 Å². The molecule has 30 heavy (non-hydrogen) atoms. The summed E-state index contributed by atoms with van der Waals surface area (Å²) >= 11 is 0. The van der Waals surface area contributed by atoms with Crippen LogP contribution in [0.25, 0.3) is 0 Å². The third-order valence-corrected chi connectivity index (χ3v) is 5.78. The van der Waals surface area contributed by atoms with Crippen molar-refractivity contribution < 1.29 is 0 Å². The van der Waals surface area contributed by atoms with Crippen LogP contribution in [0.3, 0.4) is 0 Å². The second kappa shape index (κ2) is 12.0. The van der Waals surface area contributed by atoms with Crippen LogP contribution in [0.15, 0.2) is 120 Å². The zero-order valence-corrected chi connectivity index (χ0v) is 19.1. The maximum Gasteiger partial charge on any atom is 0.0406 e. The van der Waals surface area contributed by atoms with Crippen LogP contribution in [0, 0.1) is 0 Å². The van der Waals surface area contributed by atoms with Crippen molar-refractivity contribution in [1.29, 1.82) is 0 Å². The van der Waals surface area contributed by atoms with Gasteiger partial charge in [0.2, 0.25) is 0 Å². The molecule has 0 spiro atoms. The molecule has 0 atom stereocenters. The average molecular weight is 400 g/mol. The molecule has 158 valence electrons. The van der Waals surface area contributed by atoms with E-state index in [-0.39, 0.29) is 0 Å². The minimum Gasteiger partial charge on any atom is -0.347 e. The molecule has 0 radical (unpaired) electrons. The lowest BCUT2D eigenvalue weighted by Gasteiger charge is -2.27. The molecule has 0 aromatic heterocycles. The molecule has 0 bridgehead atoms. The van der Waals surface area contributed by atoms with Gasteiger partial charge in [-0.15, -0.1) is 0 Å². The Labute approximate surface area is 184 Å². The highest BCUT2D eigenvalue weighted by Gasteiger charge is 2.18. The van der Waals surface area contributed by atoms with Gasteiger partial charge in [-0.2, -0.15) is 0 Å². The Bertz CT molecular complexity index is 873. The maximum absolute atomic E-state index is 4.46. The van der Waals surface area contributed by atoms with Crippen LogP contribution < -0.4 is 0 Å². The monoisotopic (exact) mass is 399 g/mol. The fourth-order valence-electron chi connectivity index (χ4n) is 4.02. The summed E-state index contributed by atoms with van der Waals surface area (Å²) in [5.74, 6) is 0. The molecule has 1 aliphatic heterocycles. The van der Waals surface area contributed by atoms with Gasteiger partial charge in [0.05, 0.1) is 0 Å². The van der Waals surface area contributed by atoms with E-state index in [4.69, 9.17) is 0 Å². The van der Waals surface area contributed by atoms with Gasteiger partial charge in [-0.3, -0.25) is 0 Å². The van der Waals surface area contributed by atoms with Crippen LogP contribution in [0.5, 0.6) is 0 Å². The summed E-state index contributed by atoms with van der Waals surface area (Å²) in [4.78, 5) is 2.27. The van der Waals surface area contributed by atoms with E-state index in [1.807, 2.05) is 18.2 Å². The third-order valence-electron chi connectivity index (χ3n) is 5.78. The lowest BCUT2D eigenvalue weighted by molar-refractivity contribution is 0.513. The van der Waals surface area contributed by atoms with Crippen molar-refractivity contribution in [2.24, 2.45) is 0 Å². The van der Waals surface area contributed by atoms with Crippen LogP contribution in [0.1, 0.15) is 52.9 Å². The van der Waals surface area contributed by atoms with Gasteiger partial charge in [-0.25, -0.2) is 0 Å². The van der Waals surface area contributed by atoms with E-state index in [0.717, 1.165) is 30.5 Å². The Morgan fingerprint density at radius 3 is 2.57 bits per heavy atom. The summed E-state index contributed by atoms with van der Waals surface area (Å²) in [6.45, 7) is 19.7. The predicted molar refractivity (Wildman–Crippen MR) is 134 cm³/mol. The minimum absolute atomic E-state index is 0.789. The standard InChI is InChI=1S/C29H37N/c1-7-10-11-12-16-21-30-22-20-28(24(5)23(4)27(9-3)25(30)6)29-19-15-13-14-18-26(29)17-8-2/h7,9-12,15-16,19-20,22H,1,3-4,8,13-14,17-18,21H2,2,5-6H3/b11-10-,16-12-,22-20-,27-25-,28-24+. The molecule has 0 saturated heterocycles. The first-order valence-electron chi connectivity index (χ1n) is 11.1. The van der Waals surface area contributed by atoms with Gasteiger partial charge in [-0.1, -0.05) is 87.3 Å². The Hall–Kier alpha value is -2.80. The molecule has 1 aliphatic carbocycles. The Morgan fingerprint density at radius 2 is 1.87 bits per heavy atom. The van der Waals surface area contributed by atoms with Crippen LogP contribution >= 0.6 is 0 Å². The van der Waals surface area contributed by atoms with Crippen molar-refractivity contribution in [1.82, 2.24) is 4.90 Å². The van der Waals surface area contributed by atoms with Crippen molar-refractivity contribution in [2.75, 3.05) is 6.54 Å². The van der Waals surface area contributed by atoms with Crippen LogP contribution in [0.4, 0.5) is 0 Å². The second-order valence-corrected chi connectivity index (χ2v) is 7.80. The SMILES string of the molecule is C=C/C=C\C=C/CN1/C=C\C(C2=C(CCC)CCCC=C2)=C(\C)C(=C)/C(C=C)=C\1C. The highest BCUT2D eigenvalue weighted by Crippen LogP contribution is 2.35. The van der Waals surface area contributed by atoms with Crippen molar-refractivity contribution in [3.63, 3.8) is 0 Å². The van der Waals surface area contributed by atoms with E-state index in [2.05, 4.69) is 82.0 Å². The van der Waals surface area contributed by atoms with E-state index in [9.17, 15) is 0 Å². The Morgan fingerprint density at radius 1 is 1.07 bits per heavy atom. The number of nitrogens with zero attached hydrogens (tertiary/aromatic N) is 1. The van der Waals surface area contributed by atoms with Crippen molar-refractivity contribution in [2.45, 2.75) is 52.9 Å². The lowest BCUT2D eigenvalue weighted by atomic mass is 9.87. The number of allylic oxidation sites excluding steroid dienone is 15. The maximum atomic E-state index is 4.46. The average Bonchev–Trinajstić information content (AvgIpc) is 2.97. The van der Waals surface area contributed by atoms with Gasteiger partial charge in [0, 0.05) is 18.4 Å².